The molecule has 186 valence electrons. The minimum atomic E-state index is -4.96. The van der Waals surface area contributed by atoms with Gasteiger partial charge in [-0.1, -0.05) is 0 Å². The van der Waals surface area contributed by atoms with Crippen molar-refractivity contribution in [3.8, 4) is 17.0 Å². The Morgan fingerprint density at radius 2 is 1.97 bits per heavy atom. The molecule has 3 aromatic rings. The SMILES string of the molecule is Cn1nccc1-c1cc(N(C(=O)c2cccnc2)C(F)(F)F)ccc1OCCN1CCC(O)CC1. The molecule has 1 N–H and O–H groups in total. The number of rotatable bonds is 7. The van der Waals surface area contributed by atoms with Gasteiger partial charge in [-0.2, -0.15) is 5.10 Å². The van der Waals surface area contributed by atoms with Gasteiger partial charge in [-0.25, -0.2) is 4.90 Å². The van der Waals surface area contributed by atoms with Gasteiger partial charge in [0.15, 0.2) is 0 Å². The first kappa shape index (κ1) is 24.7. The number of aromatic nitrogens is 3. The van der Waals surface area contributed by atoms with Crippen LogP contribution in [0, 0.1) is 0 Å². The van der Waals surface area contributed by atoms with E-state index in [2.05, 4.69) is 15.0 Å². The topological polar surface area (TPSA) is 83.7 Å². The summed E-state index contributed by atoms with van der Waals surface area (Å²) in [7, 11) is 1.67. The first-order chi connectivity index (χ1) is 16.7. The van der Waals surface area contributed by atoms with Crippen molar-refractivity contribution in [2.45, 2.75) is 25.2 Å². The number of aliphatic hydroxyl groups excluding tert-OH is 1. The third-order valence-electron chi connectivity index (χ3n) is 5.91. The van der Waals surface area contributed by atoms with E-state index in [1.807, 2.05) is 0 Å². The molecule has 35 heavy (non-hydrogen) atoms. The van der Waals surface area contributed by atoms with Crippen molar-refractivity contribution < 1.29 is 27.8 Å². The van der Waals surface area contributed by atoms with Gasteiger partial charge in [0.2, 0.25) is 0 Å². The Balaban J connectivity index is 1.63. The predicted octanol–water partition coefficient (Wildman–Crippen LogP) is 3.48. The van der Waals surface area contributed by atoms with Crippen LogP contribution >= 0.6 is 0 Å². The van der Waals surface area contributed by atoms with E-state index in [1.165, 1.54) is 47.4 Å². The molecule has 11 heteroatoms. The maximum absolute atomic E-state index is 14.0. The number of anilines is 1. The monoisotopic (exact) mass is 489 g/mol. The normalized spacial score (nSPS) is 15.2. The fraction of sp³-hybridized carbons (Fsp3) is 0.375. The number of hydrogen-bond acceptors (Lipinski definition) is 6. The van der Waals surface area contributed by atoms with E-state index in [-0.39, 0.29) is 22.3 Å². The molecule has 1 aliphatic heterocycles. The summed E-state index contributed by atoms with van der Waals surface area (Å²) in [4.78, 5) is 18.5. The van der Waals surface area contributed by atoms with E-state index >= 15 is 0 Å². The molecule has 0 radical (unpaired) electrons. The summed E-state index contributed by atoms with van der Waals surface area (Å²) in [6, 6.07) is 8.29. The fourth-order valence-electron chi connectivity index (χ4n) is 4.05. The van der Waals surface area contributed by atoms with Crippen molar-refractivity contribution >= 4 is 11.6 Å². The van der Waals surface area contributed by atoms with Crippen LogP contribution in [0.15, 0.2) is 55.0 Å². The van der Waals surface area contributed by atoms with E-state index in [0.717, 1.165) is 19.3 Å². The summed E-state index contributed by atoms with van der Waals surface area (Å²) in [5, 5.41) is 13.8. The van der Waals surface area contributed by atoms with Crippen molar-refractivity contribution in [2.24, 2.45) is 7.05 Å². The molecule has 0 unspecified atom stereocenters. The number of ether oxygens (including phenoxy) is 1. The molecule has 1 fully saturated rings. The molecule has 2 aromatic heterocycles. The van der Waals surface area contributed by atoms with Crippen molar-refractivity contribution in [3.05, 3.63) is 60.6 Å². The number of halogens is 3. The molecular formula is C24H26F3N5O3. The second-order valence-electron chi connectivity index (χ2n) is 8.29. The zero-order valence-corrected chi connectivity index (χ0v) is 19.1. The lowest BCUT2D eigenvalue weighted by Gasteiger charge is -2.29. The molecule has 0 aliphatic carbocycles. The molecule has 0 spiro atoms. The summed E-state index contributed by atoms with van der Waals surface area (Å²) < 4.78 is 49.6. The standard InChI is InChI=1S/C24H26F3N5O3/c1-30-21(6-10-29-30)20-15-18(32(24(25,26)27)23(34)17-3-2-9-28-16-17)4-5-22(20)35-14-13-31-11-7-19(33)8-12-31/h2-6,9-10,15-16,19,33H,7-8,11-14H2,1H3. The van der Waals surface area contributed by atoms with Gasteiger partial charge in [-0.3, -0.25) is 19.4 Å². The highest BCUT2D eigenvalue weighted by Gasteiger charge is 2.43. The lowest BCUT2D eigenvalue weighted by Crippen LogP contribution is -2.43. The Labute approximate surface area is 200 Å². The van der Waals surface area contributed by atoms with Crippen molar-refractivity contribution in [3.63, 3.8) is 0 Å². The summed E-state index contributed by atoms with van der Waals surface area (Å²) in [5.41, 5.74) is 0.391. The molecule has 3 heterocycles. The van der Waals surface area contributed by atoms with Gasteiger partial charge in [0.05, 0.1) is 23.0 Å². The second kappa shape index (κ2) is 10.4. The number of benzene rings is 1. The number of hydrogen-bond donors (Lipinski definition) is 1. The van der Waals surface area contributed by atoms with Gasteiger partial charge in [-0.05, 0) is 49.2 Å². The summed E-state index contributed by atoms with van der Waals surface area (Å²) >= 11 is 0. The molecule has 0 bridgehead atoms. The van der Waals surface area contributed by atoms with Crippen LogP contribution in [0.3, 0.4) is 0 Å². The Hall–Kier alpha value is -3.44. The highest BCUT2D eigenvalue weighted by atomic mass is 19.4. The Morgan fingerprint density at radius 1 is 1.20 bits per heavy atom. The predicted molar refractivity (Wildman–Crippen MR) is 123 cm³/mol. The Morgan fingerprint density at radius 3 is 2.60 bits per heavy atom. The molecule has 1 aromatic carbocycles. The highest BCUT2D eigenvalue weighted by Crippen LogP contribution is 2.37. The smallest absolute Gasteiger partial charge is 0.491 e. The van der Waals surface area contributed by atoms with E-state index in [4.69, 9.17) is 4.74 Å². The third kappa shape index (κ3) is 5.80. The average molecular weight is 489 g/mol. The lowest BCUT2D eigenvalue weighted by atomic mass is 10.1. The quantitative estimate of drug-likeness (QED) is 0.512. The van der Waals surface area contributed by atoms with E-state index < -0.39 is 12.2 Å². The molecule has 1 aliphatic rings. The summed E-state index contributed by atoms with van der Waals surface area (Å²) in [5.74, 6) is -0.854. The van der Waals surface area contributed by atoms with Crippen LogP contribution in [0.5, 0.6) is 5.75 Å². The number of likely N-dealkylation sites (tertiary alicyclic amines) is 1. The molecular weight excluding hydrogens is 463 g/mol. The Bertz CT molecular complexity index is 1140. The van der Waals surface area contributed by atoms with Gasteiger partial charge in [-0.15, -0.1) is 13.2 Å². The number of amides is 1. The first-order valence-electron chi connectivity index (χ1n) is 11.2. The highest BCUT2D eigenvalue weighted by molar-refractivity contribution is 6.06. The second-order valence-corrected chi connectivity index (χ2v) is 8.29. The maximum Gasteiger partial charge on any atom is 0.491 e. The minimum Gasteiger partial charge on any atom is -0.492 e. The summed E-state index contributed by atoms with van der Waals surface area (Å²) in [6.45, 7) is 2.45. The maximum atomic E-state index is 14.0. The zero-order chi connectivity index (χ0) is 25.0. The van der Waals surface area contributed by atoms with Gasteiger partial charge < -0.3 is 9.84 Å². The minimum absolute atomic E-state index is 0.182. The van der Waals surface area contributed by atoms with E-state index in [9.17, 15) is 23.1 Å². The zero-order valence-electron chi connectivity index (χ0n) is 19.1. The van der Waals surface area contributed by atoms with Gasteiger partial charge in [0.25, 0.3) is 5.91 Å². The number of carbonyl (C=O) groups excluding carboxylic acids is 1. The number of piperidine rings is 1. The number of pyridine rings is 1. The van der Waals surface area contributed by atoms with E-state index in [0.29, 0.717) is 43.0 Å². The molecule has 0 atom stereocenters. The fourth-order valence-corrected chi connectivity index (χ4v) is 4.05. The number of carbonyl (C=O) groups is 1. The number of aliphatic hydroxyl groups is 1. The molecule has 8 nitrogen and oxygen atoms in total. The molecule has 1 saturated heterocycles. The van der Waals surface area contributed by atoms with Gasteiger partial charge >= 0.3 is 6.30 Å². The van der Waals surface area contributed by atoms with Crippen LogP contribution < -0.4 is 9.64 Å². The average Bonchev–Trinajstić information content (AvgIpc) is 3.26. The van der Waals surface area contributed by atoms with Crippen LogP contribution in [-0.4, -0.2) is 69.3 Å². The van der Waals surface area contributed by atoms with Crippen molar-refractivity contribution in [1.29, 1.82) is 0 Å². The first-order valence-corrected chi connectivity index (χ1v) is 11.2. The van der Waals surface area contributed by atoms with Crippen LogP contribution in [0.25, 0.3) is 11.3 Å². The molecule has 4 rings (SSSR count). The van der Waals surface area contributed by atoms with Crippen LogP contribution in [0.1, 0.15) is 23.2 Å². The number of aryl methyl sites for hydroxylation is 1. The number of nitrogens with zero attached hydrogens (tertiary/aromatic N) is 5. The molecule has 1 amide bonds. The lowest BCUT2D eigenvalue weighted by molar-refractivity contribution is -0.122. The Kier molecular flexibility index (Phi) is 7.37. The van der Waals surface area contributed by atoms with Crippen LogP contribution in [0.2, 0.25) is 0 Å². The van der Waals surface area contributed by atoms with Crippen LogP contribution in [-0.2, 0) is 7.05 Å². The van der Waals surface area contributed by atoms with Gasteiger partial charge in [0, 0.05) is 50.8 Å². The van der Waals surface area contributed by atoms with Gasteiger partial charge in [0.1, 0.15) is 12.4 Å². The van der Waals surface area contributed by atoms with Crippen molar-refractivity contribution in [2.75, 3.05) is 31.1 Å². The molecule has 0 saturated carbocycles. The number of alkyl halides is 3. The third-order valence-corrected chi connectivity index (χ3v) is 5.91. The summed E-state index contributed by atoms with van der Waals surface area (Å²) in [6.07, 6.45) is 0.181. The van der Waals surface area contributed by atoms with E-state index in [1.54, 1.807) is 13.1 Å². The van der Waals surface area contributed by atoms with Crippen LogP contribution in [0.4, 0.5) is 18.9 Å². The largest absolute Gasteiger partial charge is 0.492 e. The van der Waals surface area contributed by atoms with Crippen molar-refractivity contribution in [1.82, 2.24) is 19.7 Å².